The van der Waals surface area contributed by atoms with Crippen molar-refractivity contribution < 1.29 is 20.1 Å². The Labute approximate surface area is 123 Å². The number of carboxylic acid groups (broad SMARTS) is 1. The minimum atomic E-state index is -0.917. The van der Waals surface area contributed by atoms with E-state index in [1.54, 1.807) is 18.2 Å². The predicted molar refractivity (Wildman–Crippen MR) is 82.6 cm³/mol. The third kappa shape index (κ3) is 6.03. The molecule has 0 radical (unpaired) electrons. The van der Waals surface area contributed by atoms with Crippen LogP contribution >= 0.6 is 0 Å². The van der Waals surface area contributed by atoms with E-state index in [0.29, 0.717) is 11.1 Å². The summed E-state index contributed by atoms with van der Waals surface area (Å²) in [6.07, 6.45) is 1.68. The number of aliphatic hydroxyl groups excluding tert-OH is 2. The van der Waals surface area contributed by atoms with Gasteiger partial charge in [-0.05, 0) is 17.2 Å². The molecule has 0 spiro atoms. The molecule has 0 aliphatic carbocycles. The van der Waals surface area contributed by atoms with E-state index in [-0.39, 0.29) is 13.2 Å². The molecular weight excluding hydrogens is 268 g/mol. The fourth-order valence-electron chi connectivity index (χ4n) is 1.60. The van der Waals surface area contributed by atoms with E-state index in [2.05, 4.69) is 0 Å². The first-order valence-electron chi connectivity index (χ1n) is 6.46. The lowest BCUT2D eigenvalue weighted by molar-refractivity contribution is -0.130. The fraction of sp³-hybridized carbons (Fsp3) is 0.118. The third-order valence-corrected chi connectivity index (χ3v) is 2.53. The molecule has 0 aliphatic heterocycles. The summed E-state index contributed by atoms with van der Waals surface area (Å²) in [6.45, 7) is -0.250. The fourth-order valence-corrected chi connectivity index (χ4v) is 1.60. The third-order valence-electron chi connectivity index (χ3n) is 2.53. The van der Waals surface area contributed by atoms with Crippen LogP contribution in [0.1, 0.15) is 11.1 Å². The highest BCUT2D eigenvalue weighted by atomic mass is 16.4. The summed E-state index contributed by atoms with van der Waals surface area (Å²) in [5.41, 5.74) is 1.90. The number of aliphatic carboxylic acids is 1. The molecule has 0 aromatic heterocycles. The van der Waals surface area contributed by atoms with E-state index in [1.165, 1.54) is 0 Å². The minimum Gasteiger partial charge on any atom is -0.478 e. The smallest absolute Gasteiger partial charge is 0.336 e. The number of carbonyl (C=O) groups is 1. The number of hydrogen-bond donors (Lipinski definition) is 3. The van der Waals surface area contributed by atoms with Gasteiger partial charge >= 0.3 is 5.97 Å². The summed E-state index contributed by atoms with van der Waals surface area (Å²) in [7, 11) is 0. The van der Waals surface area contributed by atoms with Crippen molar-refractivity contribution in [2.75, 3.05) is 13.2 Å². The molecule has 110 valence electrons. The highest BCUT2D eigenvalue weighted by Crippen LogP contribution is 2.18. The maximum atomic E-state index is 11.2. The maximum absolute atomic E-state index is 11.2. The molecule has 0 saturated carbocycles. The van der Waals surface area contributed by atoms with Crippen LogP contribution in [0.3, 0.4) is 0 Å². The molecule has 0 unspecified atom stereocenters. The van der Waals surface area contributed by atoms with Crippen LogP contribution < -0.4 is 0 Å². The molecular formula is C17H18O4. The van der Waals surface area contributed by atoms with E-state index in [1.807, 2.05) is 48.5 Å². The zero-order valence-corrected chi connectivity index (χ0v) is 11.5. The van der Waals surface area contributed by atoms with Gasteiger partial charge in [-0.25, -0.2) is 4.79 Å². The van der Waals surface area contributed by atoms with Gasteiger partial charge in [0.25, 0.3) is 0 Å². The van der Waals surface area contributed by atoms with E-state index >= 15 is 0 Å². The highest BCUT2D eigenvalue weighted by molar-refractivity contribution is 6.20. The Morgan fingerprint density at radius 3 is 1.76 bits per heavy atom. The SMILES string of the molecule is O=C(O)C(=Cc1ccccc1)c1ccccc1.OCCO. The largest absolute Gasteiger partial charge is 0.478 e. The van der Waals surface area contributed by atoms with Crippen molar-refractivity contribution >= 4 is 17.6 Å². The second-order valence-corrected chi connectivity index (χ2v) is 4.09. The van der Waals surface area contributed by atoms with Gasteiger partial charge in [0.05, 0.1) is 18.8 Å². The maximum Gasteiger partial charge on any atom is 0.336 e. The van der Waals surface area contributed by atoms with Gasteiger partial charge in [0.2, 0.25) is 0 Å². The summed E-state index contributed by atoms with van der Waals surface area (Å²) < 4.78 is 0. The Hall–Kier alpha value is -2.43. The van der Waals surface area contributed by atoms with E-state index < -0.39 is 5.97 Å². The van der Waals surface area contributed by atoms with Crippen LogP contribution in [0.4, 0.5) is 0 Å². The standard InChI is InChI=1S/C15H12O2.C2H6O2/c16-15(17)14(13-9-5-2-6-10-13)11-12-7-3-1-4-8-12;3-1-2-4/h1-11H,(H,16,17);3-4H,1-2H2. The molecule has 0 saturated heterocycles. The van der Waals surface area contributed by atoms with Gasteiger partial charge in [-0.2, -0.15) is 0 Å². The zero-order valence-electron chi connectivity index (χ0n) is 11.5. The summed E-state index contributed by atoms with van der Waals surface area (Å²) in [6, 6.07) is 18.6. The number of rotatable bonds is 4. The topological polar surface area (TPSA) is 77.8 Å². The molecule has 0 aliphatic rings. The van der Waals surface area contributed by atoms with Gasteiger partial charge in [0, 0.05) is 0 Å². The molecule has 0 fully saturated rings. The lowest BCUT2D eigenvalue weighted by atomic mass is 10.0. The van der Waals surface area contributed by atoms with Crippen LogP contribution in [0.2, 0.25) is 0 Å². The quantitative estimate of drug-likeness (QED) is 0.595. The number of hydrogen-bond acceptors (Lipinski definition) is 3. The molecule has 0 bridgehead atoms. The van der Waals surface area contributed by atoms with Gasteiger partial charge in [-0.3, -0.25) is 0 Å². The van der Waals surface area contributed by atoms with Crippen molar-refractivity contribution in [2.24, 2.45) is 0 Å². The van der Waals surface area contributed by atoms with Crippen molar-refractivity contribution in [3.63, 3.8) is 0 Å². The van der Waals surface area contributed by atoms with Crippen molar-refractivity contribution in [2.45, 2.75) is 0 Å². The Balaban J connectivity index is 0.000000491. The Kier molecular flexibility index (Phi) is 7.50. The normalized spacial score (nSPS) is 10.5. The monoisotopic (exact) mass is 286 g/mol. The van der Waals surface area contributed by atoms with Gasteiger partial charge < -0.3 is 15.3 Å². The number of carboxylic acids is 1. The van der Waals surface area contributed by atoms with E-state index in [9.17, 15) is 9.90 Å². The Morgan fingerprint density at radius 2 is 1.33 bits per heavy atom. The molecule has 2 aromatic rings. The molecule has 0 amide bonds. The lowest BCUT2D eigenvalue weighted by Gasteiger charge is -2.02. The average molecular weight is 286 g/mol. The lowest BCUT2D eigenvalue weighted by Crippen LogP contribution is -1.99. The Morgan fingerprint density at radius 1 is 0.857 bits per heavy atom. The second-order valence-electron chi connectivity index (χ2n) is 4.09. The Bertz CT molecular complexity index is 560. The van der Waals surface area contributed by atoms with E-state index in [4.69, 9.17) is 10.2 Å². The first-order valence-corrected chi connectivity index (χ1v) is 6.46. The first kappa shape index (κ1) is 16.6. The molecule has 0 heterocycles. The molecule has 2 aromatic carbocycles. The zero-order chi connectivity index (χ0) is 15.5. The molecule has 2 rings (SSSR count). The molecule has 4 nitrogen and oxygen atoms in total. The van der Waals surface area contributed by atoms with Crippen LogP contribution in [0.15, 0.2) is 60.7 Å². The first-order chi connectivity index (χ1) is 10.2. The highest BCUT2D eigenvalue weighted by Gasteiger charge is 2.09. The van der Waals surface area contributed by atoms with Crippen LogP contribution in [0.5, 0.6) is 0 Å². The minimum absolute atomic E-state index is 0.125. The van der Waals surface area contributed by atoms with Gasteiger partial charge in [0.1, 0.15) is 0 Å². The predicted octanol–water partition coefficient (Wildman–Crippen LogP) is 2.28. The second kappa shape index (κ2) is 9.47. The van der Waals surface area contributed by atoms with Crippen LogP contribution in [-0.2, 0) is 4.79 Å². The van der Waals surface area contributed by atoms with Crippen LogP contribution in [-0.4, -0.2) is 34.5 Å². The van der Waals surface area contributed by atoms with Crippen molar-refractivity contribution in [1.29, 1.82) is 0 Å². The summed E-state index contributed by atoms with van der Waals surface area (Å²) in [5.74, 6) is -0.917. The van der Waals surface area contributed by atoms with Gasteiger partial charge in [-0.1, -0.05) is 60.7 Å². The number of benzene rings is 2. The summed E-state index contributed by atoms with van der Waals surface area (Å²) >= 11 is 0. The van der Waals surface area contributed by atoms with Crippen LogP contribution in [0.25, 0.3) is 11.6 Å². The van der Waals surface area contributed by atoms with Crippen LogP contribution in [0, 0.1) is 0 Å². The van der Waals surface area contributed by atoms with Crippen molar-refractivity contribution in [3.8, 4) is 0 Å². The number of aliphatic hydroxyl groups is 2. The van der Waals surface area contributed by atoms with Crippen molar-refractivity contribution in [3.05, 3.63) is 71.8 Å². The summed E-state index contributed by atoms with van der Waals surface area (Å²) in [5, 5.41) is 24.5. The van der Waals surface area contributed by atoms with Gasteiger partial charge in [-0.15, -0.1) is 0 Å². The molecule has 3 N–H and O–H groups in total. The average Bonchev–Trinajstić information content (AvgIpc) is 2.54. The molecule has 0 atom stereocenters. The van der Waals surface area contributed by atoms with Crippen molar-refractivity contribution in [1.82, 2.24) is 0 Å². The molecule has 4 heteroatoms. The van der Waals surface area contributed by atoms with E-state index in [0.717, 1.165) is 5.56 Å². The molecule has 21 heavy (non-hydrogen) atoms. The summed E-state index contributed by atoms with van der Waals surface area (Å²) in [4.78, 5) is 11.2. The van der Waals surface area contributed by atoms with Gasteiger partial charge in [0.15, 0.2) is 0 Å².